The molecule has 0 radical (unpaired) electrons. The van der Waals surface area contributed by atoms with E-state index in [0.29, 0.717) is 12.8 Å². The summed E-state index contributed by atoms with van der Waals surface area (Å²) in [5.41, 5.74) is 17.8. The molecule has 41 heavy (non-hydrogen) atoms. The van der Waals surface area contributed by atoms with Crippen LogP contribution < -0.4 is 0 Å². The highest BCUT2D eigenvalue weighted by atomic mass is 16.7. The second-order valence-corrected chi connectivity index (χ2v) is 9.99. The van der Waals surface area contributed by atoms with Crippen LogP contribution in [0.2, 0.25) is 0 Å². The monoisotopic (exact) mass is 572 g/mol. The SMILES string of the molecule is CCCCCCCCCCCCCCCCCC(=O)OC(OCCCO)n1cnc2c(N=[N+]=[N-])nc(N=[N+]=[N-])nc21. The van der Waals surface area contributed by atoms with Gasteiger partial charge < -0.3 is 14.6 Å². The van der Waals surface area contributed by atoms with Crippen LogP contribution in [0.25, 0.3) is 32.0 Å². The summed E-state index contributed by atoms with van der Waals surface area (Å²) in [6.07, 6.45) is 19.2. The molecule has 226 valence electrons. The van der Waals surface area contributed by atoms with Gasteiger partial charge in [-0.15, -0.1) is 0 Å². The summed E-state index contributed by atoms with van der Waals surface area (Å²) in [7, 11) is 0. The first-order valence-electron chi connectivity index (χ1n) is 14.9. The Labute approximate surface area is 241 Å². The summed E-state index contributed by atoms with van der Waals surface area (Å²) in [5, 5.41) is 16.0. The Balaban J connectivity index is 1.77. The number of carbonyl (C=O) groups is 1. The van der Waals surface area contributed by atoms with Crippen LogP contribution in [0.5, 0.6) is 0 Å². The number of imidazole rings is 1. The molecule has 2 heterocycles. The van der Waals surface area contributed by atoms with Crippen LogP contribution in [0.3, 0.4) is 0 Å². The normalized spacial score (nSPS) is 11.7. The van der Waals surface area contributed by atoms with E-state index in [4.69, 9.17) is 25.6 Å². The number of esters is 1. The van der Waals surface area contributed by atoms with Crippen molar-refractivity contribution in [1.29, 1.82) is 0 Å². The zero-order valence-corrected chi connectivity index (χ0v) is 24.2. The van der Waals surface area contributed by atoms with Gasteiger partial charge >= 0.3 is 5.97 Å². The number of nitrogens with zero attached hydrogens (tertiary/aromatic N) is 10. The second kappa shape index (κ2) is 21.3. The maximum atomic E-state index is 12.6. The number of carbonyl (C=O) groups excluding carboxylic acids is 1. The van der Waals surface area contributed by atoms with Crippen LogP contribution in [0, 0.1) is 0 Å². The lowest BCUT2D eigenvalue weighted by atomic mass is 10.0. The molecule has 0 aliphatic heterocycles. The van der Waals surface area contributed by atoms with E-state index in [1.807, 2.05) is 0 Å². The summed E-state index contributed by atoms with van der Waals surface area (Å²) in [4.78, 5) is 30.2. The first-order valence-corrected chi connectivity index (χ1v) is 14.9. The van der Waals surface area contributed by atoms with Gasteiger partial charge in [-0.2, -0.15) is 0 Å². The Morgan fingerprint density at radius 3 is 2.05 bits per heavy atom. The number of azide groups is 2. The van der Waals surface area contributed by atoms with Crippen molar-refractivity contribution in [3.63, 3.8) is 0 Å². The van der Waals surface area contributed by atoms with Crippen molar-refractivity contribution in [1.82, 2.24) is 19.5 Å². The second-order valence-electron chi connectivity index (χ2n) is 9.99. The minimum atomic E-state index is -1.23. The number of rotatable bonds is 24. The van der Waals surface area contributed by atoms with Gasteiger partial charge in [0.1, 0.15) is 11.8 Å². The standard InChI is InChI=1S/C27H44N10O4/c1-2-3-4-5-6-7-8-9-10-11-12-13-14-15-16-18-22(39)41-27(40-20-17-19-38)37-21-30-23-24(33-35-28)31-26(34-36-29)32-25(23)37/h21,27,38H,2-20H2,1H3. The molecule has 2 aromatic heterocycles. The van der Waals surface area contributed by atoms with E-state index in [1.54, 1.807) is 0 Å². The fraction of sp³-hybridized carbons (Fsp3) is 0.778. The van der Waals surface area contributed by atoms with Crippen molar-refractivity contribution in [3.8, 4) is 0 Å². The zero-order chi connectivity index (χ0) is 29.5. The number of aromatic nitrogens is 4. The lowest BCUT2D eigenvalue weighted by Crippen LogP contribution is -2.21. The van der Waals surface area contributed by atoms with Crippen LogP contribution in [-0.2, 0) is 14.3 Å². The van der Waals surface area contributed by atoms with E-state index < -0.39 is 12.4 Å². The topological polar surface area (TPSA) is 197 Å². The third-order valence-electron chi connectivity index (χ3n) is 6.67. The highest BCUT2D eigenvalue weighted by Gasteiger charge is 2.22. The van der Waals surface area contributed by atoms with Gasteiger partial charge in [0.15, 0.2) is 11.5 Å². The van der Waals surface area contributed by atoms with Crippen LogP contribution in [-0.4, -0.2) is 43.8 Å². The molecule has 0 aliphatic rings. The number of aliphatic hydroxyl groups excluding tert-OH is 1. The fourth-order valence-corrected chi connectivity index (χ4v) is 4.47. The van der Waals surface area contributed by atoms with Gasteiger partial charge in [-0.05, 0) is 34.1 Å². The molecule has 1 unspecified atom stereocenters. The number of hydrogen-bond donors (Lipinski definition) is 1. The first-order chi connectivity index (χ1) is 20.1. The number of fused-ring (bicyclic) bond motifs is 1. The van der Waals surface area contributed by atoms with Crippen molar-refractivity contribution < 1.29 is 19.4 Å². The molecular formula is C27H44N10O4. The molecule has 14 nitrogen and oxygen atoms in total. The molecule has 0 saturated carbocycles. The van der Waals surface area contributed by atoms with Crippen molar-refractivity contribution >= 4 is 28.9 Å². The van der Waals surface area contributed by atoms with Crippen molar-refractivity contribution in [2.24, 2.45) is 10.2 Å². The Hall–Kier alpha value is -3.44. The van der Waals surface area contributed by atoms with Gasteiger partial charge in [0.2, 0.25) is 5.95 Å². The fourth-order valence-electron chi connectivity index (χ4n) is 4.47. The Kier molecular flexibility index (Phi) is 17.6. The molecule has 0 amide bonds. The van der Waals surface area contributed by atoms with Crippen LogP contribution in [0.15, 0.2) is 16.6 Å². The molecule has 1 N–H and O–H groups in total. The molecule has 1 atom stereocenters. The zero-order valence-electron chi connectivity index (χ0n) is 24.2. The van der Waals surface area contributed by atoms with E-state index in [2.05, 4.69) is 41.9 Å². The largest absolute Gasteiger partial charge is 0.416 e. The summed E-state index contributed by atoms with van der Waals surface area (Å²) in [6, 6.07) is 0. The van der Waals surface area contributed by atoms with E-state index in [1.165, 1.54) is 87.9 Å². The summed E-state index contributed by atoms with van der Waals surface area (Å²) < 4.78 is 12.6. The minimum absolute atomic E-state index is 0.0959. The third-order valence-corrected chi connectivity index (χ3v) is 6.67. The molecule has 0 saturated heterocycles. The average molecular weight is 573 g/mol. The molecule has 0 fully saturated rings. The number of unbranched alkanes of at least 4 members (excludes halogenated alkanes) is 14. The van der Waals surface area contributed by atoms with Gasteiger partial charge in [-0.25, -0.2) is 15.0 Å². The molecule has 14 heteroatoms. The number of aliphatic hydroxyl groups is 1. The minimum Gasteiger partial charge on any atom is -0.416 e. The maximum Gasteiger partial charge on any atom is 0.309 e. The maximum absolute atomic E-state index is 12.6. The van der Waals surface area contributed by atoms with Crippen LogP contribution in [0.1, 0.15) is 122 Å². The summed E-state index contributed by atoms with van der Waals surface area (Å²) in [5.74, 6) is -0.880. The average Bonchev–Trinajstić information content (AvgIpc) is 3.39. The van der Waals surface area contributed by atoms with Gasteiger partial charge in [-0.3, -0.25) is 9.36 Å². The van der Waals surface area contributed by atoms with Crippen molar-refractivity contribution in [3.05, 3.63) is 27.2 Å². The highest BCUT2D eigenvalue weighted by Crippen LogP contribution is 2.28. The molecular weight excluding hydrogens is 528 g/mol. The highest BCUT2D eigenvalue weighted by molar-refractivity contribution is 5.82. The summed E-state index contributed by atoms with van der Waals surface area (Å²) in [6.45, 7) is 2.25. The van der Waals surface area contributed by atoms with E-state index >= 15 is 0 Å². The predicted octanol–water partition coefficient (Wildman–Crippen LogP) is 8.37. The Morgan fingerprint density at radius 2 is 1.49 bits per heavy atom. The van der Waals surface area contributed by atoms with Gasteiger partial charge in [0.25, 0.3) is 6.41 Å². The van der Waals surface area contributed by atoms with Gasteiger partial charge in [0.05, 0.1) is 6.61 Å². The van der Waals surface area contributed by atoms with Crippen molar-refractivity contribution in [2.75, 3.05) is 13.2 Å². The molecule has 2 rings (SSSR count). The Morgan fingerprint density at radius 1 is 0.902 bits per heavy atom. The predicted molar refractivity (Wildman–Crippen MR) is 155 cm³/mol. The molecule has 0 aromatic carbocycles. The van der Waals surface area contributed by atoms with Gasteiger partial charge in [0, 0.05) is 22.9 Å². The first kappa shape index (κ1) is 33.8. The number of hydrogen-bond acceptors (Lipinski definition) is 9. The van der Waals surface area contributed by atoms with Crippen molar-refractivity contribution in [2.45, 2.75) is 122 Å². The third kappa shape index (κ3) is 13.2. The van der Waals surface area contributed by atoms with Crippen LogP contribution >= 0.6 is 0 Å². The lowest BCUT2D eigenvalue weighted by molar-refractivity contribution is -0.202. The summed E-state index contributed by atoms with van der Waals surface area (Å²) >= 11 is 0. The quantitative estimate of drug-likeness (QED) is 0.0325. The van der Waals surface area contributed by atoms with Gasteiger partial charge in [-0.1, -0.05) is 96.8 Å². The molecule has 0 spiro atoms. The van der Waals surface area contributed by atoms with E-state index in [0.717, 1.165) is 12.8 Å². The lowest BCUT2D eigenvalue weighted by Gasteiger charge is -2.19. The number of ether oxygens (including phenoxy) is 2. The van der Waals surface area contributed by atoms with E-state index in [-0.39, 0.29) is 42.6 Å². The van der Waals surface area contributed by atoms with Crippen LogP contribution in [0.4, 0.5) is 11.8 Å². The Bertz CT molecular complexity index is 1130. The molecule has 0 aliphatic carbocycles. The smallest absolute Gasteiger partial charge is 0.309 e. The van der Waals surface area contributed by atoms with E-state index in [9.17, 15) is 4.79 Å². The molecule has 0 bridgehead atoms. The molecule has 2 aromatic rings.